The average molecular weight is 446 g/mol. The Morgan fingerprint density at radius 3 is 2.21 bits per heavy atom. The quantitative estimate of drug-likeness (QED) is 0.567. The molecule has 0 unspecified atom stereocenters. The normalized spacial score (nSPS) is 18.9. The van der Waals surface area contributed by atoms with Crippen LogP contribution in [0.25, 0.3) is 5.69 Å². The Morgan fingerprint density at radius 1 is 0.909 bits per heavy atom. The molecule has 2 atom stereocenters. The lowest BCUT2D eigenvalue weighted by atomic mass is 10.0. The lowest BCUT2D eigenvalue weighted by molar-refractivity contribution is -0.135. The van der Waals surface area contributed by atoms with E-state index in [2.05, 4.69) is 24.8 Å². The number of carbonyl (C=O) groups excluding carboxylic acids is 2. The molecule has 0 aliphatic carbocycles. The molecular weight excluding hydrogens is 414 g/mol. The third-order valence-electron chi connectivity index (χ3n) is 6.41. The zero-order valence-electron chi connectivity index (χ0n) is 19.2. The summed E-state index contributed by atoms with van der Waals surface area (Å²) in [5.74, 6) is -0.112. The first kappa shape index (κ1) is 23.0. The number of aromatic nitrogens is 1. The van der Waals surface area contributed by atoms with Crippen molar-refractivity contribution in [3.63, 3.8) is 0 Å². The first-order valence-corrected chi connectivity index (χ1v) is 11.4. The maximum atomic E-state index is 13.1. The van der Waals surface area contributed by atoms with E-state index in [1.165, 1.54) is 0 Å². The third kappa shape index (κ3) is 5.41. The van der Waals surface area contributed by atoms with E-state index in [9.17, 15) is 9.59 Å². The second-order valence-electron chi connectivity index (χ2n) is 8.88. The van der Waals surface area contributed by atoms with Gasteiger partial charge in [-0.25, -0.2) is 0 Å². The number of benzene rings is 2. The first-order valence-electron chi connectivity index (χ1n) is 11.4. The van der Waals surface area contributed by atoms with E-state index in [0.717, 1.165) is 23.4 Å². The van der Waals surface area contributed by atoms with Crippen molar-refractivity contribution in [1.29, 1.82) is 0 Å². The van der Waals surface area contributed by atoms with Crippen molar-refractivity contribution in [2.45, 2.75) is 38.9 Å². The Kier molecular flexibility index (Phi) is 7.06. The number of piperazine rings is 1. The topological polar surface area (TPSA) is 65.8 Å². The molecule has 3 aromatic rings. The Labute approximate surface area is 195 Å². The van der Waals surface area contributed by atoms with Crippen LogP contribution in [0.1, 0.15) is 35.3 Å². The molecule has 1 saturated heterocycles. The highest BCUT2D eigenvalue weighted by molar-refractivity contribution is 5.96. The second-order valence-corrected chi connectivity index (χ2v) is 8.88. The number of amides is 1. The highest BCUT2D eigenvalue weighted by Gasteiger charge is 2.31. The molecule has 0 spiro atoms. The highest BCUT2D eigenvalue weighted by Crippen LogP contribution is 2.21. The fourth-order valence-electron chi connectivity index (χ4n) is 4.59. The average Bonchev–Trinajstić information content (AvgIpc) is 3.36. The molecule has 1 amide bonds. The zero-order valence-corrected chi connectivity index (χ0v) is 19.2. The van der Waals surface area contributed by atoms with E-state index in [1.807, 2.05) is 64.3 Å². The van der Waals surface area contributed by atoms with Gasteiger partial charge in [-0.15, -0.1) is 0 Å². The summed E-state index contributed by atoms with van der Waals surface area (Å²) in [6.45, 7) is 6.00. The summed E-state index contributed by atoms with van der Waals surface area (Å²) in [4.78, 5) is 29.1. The molecule has 6 heteroatoms. The maximum absolute atomic E-state index is 13.1. The van der Waals surface area contributed by atoms with Gasteiger partial charge in [0.2, 0.25) is 5.91 Å². The van der Waals surface area contributed by atoms with Gasteiger partial charge in [-0.3, -0.25) is 14.5 Å². The smallest absolute Gasteiger partial charge is 0.227 e. The van der Waals surface area contributed by atoms with Crippen molar-refractivity contribution in [1.82, 2.24) is 14.4 Å². The van der Waals surface area contributed by atoms with Gasteiger partial charge in [0.05, 0.1) is 6.42 Å². The van der Waals surface area contributed by atoms with E-state index < -0.39 is 6.61 Å². The number of aliphatic hydroxyl groups is 1. The molecule has 4 rings (SSSR count). The van der Waals surface area contributed by atoms with Crippen molar-refractivity contribution in [3.8, 4) is 5.69 Å². The van der Waals surface area contributed by atoms with Crippen LogP contribution in [0.2, 0.25) is 0 Å². The van der Waals surface area contributed by atoms with Gasteiger partial charge in [-0.2, -0.15) is 0 Å². The van der Waals surface area contributed by atoms with Gasteiger partial charge in [0.25, 0.3) is 0 Å². The Bertz CT molecular complexity index is 1080. The zero-order chi connectivity index (χ0) is 23.4. The summed E-state index contributed by atoms with van der Waals surface area (Å²) in [6, 6.07) is 20.0. The predicted molar refractivity (Wildman–Crippen MR) is 128 cm³/mol. The fraction of sp³-hybridized carbons (Fsp3) is 0.333. The van der Waals surface area contributed by atoms with Crippen LogP contribution < -0.4 is 0 Å². The molecular formula is C27H31N3O3. The van der Waals surface area contributed by atoms with Crippen LogP contribution in [0.15, 0.2) is 73.1 Å². The SMILES string of the molecule is C[C@@H]1CN(C(=O)Cc2cccc(-n3cccc3)c2)C[C@H](C)N1Cc1ccc(C(=O)CO)cc1. The van der Waals surface area contributed by atoms with Gasteiger partial charge in [-0.1, -0.05) is 36.4 Å². The predicted octanol–water partition coefficient (Wildman–Crippen LogP) is 3.32. The highest BCUT2D eigenvalue weighted by atomic mass is 16.3. The number of hydrogen-bond acceptors (Lipinski definition) is 4. The Hall–Kier alpha value is -3.22. The molecule has 1 aliphatic rings. The van der Waals surface area contributed by atoms with Crippen LogP contribution in [0, 0.1) is 0 Å². The summed E-state index contributed by atoms with van der Waals surface area (Å²) in [5, 5.41) is 9.02. The fourth-order valence-corrected chi connectivity index (χ4v) is 4.59. The number of Topliss-reactive ketones (excluding diaryl/α,β-unsaturated/α-hetero) is 1. The van der Waals surface area contributed by atoms with Crippen LogP contribution >= 0.6 is 0 Å². The van der Waals surface area contributed by atoms with Crippen LogP contribution in [-0.4, -0.2) is 62.9 Å². The Balaban J connectivity index is 1.37. The number of nitrogens with zero attached hydrogens (tertiary/aromatic N) is 3. The van der Waals surface area contributed by atoms with E-state index in [0.29, 0.717) is 25.1 Å². The lowest BCUT2D eigenvalue weighted by Gasteiger charge is -2.44. The van der Waals surface area contributed by atoms with Gasteiger partial charge in [0.15, 0.2) is 5.78 Å². The van der Waals surface area contributed by atoms with Crippen molar-refractivity contribution in [2.75, 3.05) is 19.7 Å². The molecule has 1 N–H and O–H groups in total. The minimum atomic E-state index is -0.472. The second kappa shape index (κ2) is 10.1. The van der Waals surface area contributed by atoms with Gasteiger partial charge in [-0.05, 0) is 49.2 Å². The molecule has 0 radical (unpaired) electrons. The van der Waals surface area contributed by atoms with Crippen molar-refractivity contribution >= 4 is 11.7 Å². The monoisotopic (exact) mass is 445 g/mol. The number of hydrogen-bond donors (Lipinski definition) is 1. The lowest BCUT2D eigenvalue weighted by Crippen LogP contribution is -2.57. The van der Waals surface area contributed by atoms with Crippen molar-refractivity contribution in [3.05, 3.63) is 89.7 Å². The first-order chi connectivity index (χ1) is 15.9. The van der Waals surface area contributed by atoms with Crippen LogP contribution in [0.5, 0.6) is 0 Å². The molecule has 0 bridgehead atoms. The van der Waals surface area contributed by atoms with Crippen LogP contribution in [0.4, 0.5) is 0 Å². The largest absolute Gasteiger partial charge is 0.388 e. The summed E-state index contributed by atoms with van der Waals surface area (Å²) in [5.41, 5.74) is 3.72. The molecule has 2 aromatic carbocycles. The van der Waals surface area contributed by atoms with E-state index in [4.69, 9.17) is 5.11 Å². The summed E-state index contributed by atoms with van der Waals surface area (Å²) in [6.07, 6.45) is 4.40. The molecule has 6 nitrogen and oxygen atoms in total. The summed E-state index contributed by atoms with van der Waals surface area (Å²) < 4.78 is 2.04. The summed E-state index contributed by atoms with van der Waals surface area (Å²) in [7, 11) is 0. The number of carbonyl (C=O) groups is 2. The van der Waals surface area contributed by atoms with Crippen molar-refractivity contribution in [2.24, 2.45) is 0 Å². The Morgan fingerprint density at radius 2 is 1.58 bits per heavy atom. The van der Waals surface area contributed by atoms with Gasteiger partial charge >= 0.3 is 0 Å². The number of aliphatic hydroxyl groups excluding tert-OH is 1. The molecule has 33 heavy (non-hydrogen) atoms. The number of ketones is 1. The minimum absolute atomic E-state index is 0.157. The standard InChI is InChI=1S/C27H31N3O3/c1-20-16-29(27(33)15-23-6-5-7-25(14-23)28-12-3-4-13-28)17-21(2)30(20)18-22-8-10-24(11-9-22)26(32)19-31/h3-14,20-21,31H,15-19H2,1-2H3/t20-,21+. The maximum Gasteiger partial charge on any atom is 0.227 e. The molecule has 1 aliphatic heterocycles. The molecule has 2 heterocycles. The van der Waals surface area contributed by atoms with Crippen molar-refractivity contribution < 1.29 is 14.7 Å². The number of rotatable bonds is 7. The van der Waals surface area contributed by atoms with Crippen LogP contribution in [0.3, 0.4) is 0 Å². The molecule has 172 valence electrons. The van der Waals surface area contributed by atoms with Crippen LogP contribution in [-0.2, 0) is 17.8 Å². The van der Waals surface area contributed by atoms with Gasteiger partial charge in [0, 0.05) is 55.4 Å². The molecule has 0 saturated carbocycles. The molecule has 1 fully saturated rings. The minimum Gasteiger partial charge on any atom is -0.388 e. The van der Waals surface area contributed by atoms with Gasteiger partial charge in [0.1, 0.15) is 6.61 Å². The molecule has 1 aromatic heterocycles. The third-order valence-corrected chi connectivity index (χ3v) is 6.41. The van der Waals surface area contributed by atoms with E-state index in [-0.39, 0.29) is 23.8 Å². The summed E-state index contributed by atoms with van der Waals surface area (Å²) >= 11 is 0. The van der Waals surface area contributed by atoms with E-state index >= 15 is 0 Å². The van der Waals surface area contributed by atoms with Gasteiger partial charge < -0.3 is 14.6 Å². The van der Waals surface area contributed by atoms with E-state index in [1.54, 1.807) is 12.1 Å².